The SMILES string of the molecule is NC(=O)c1ccccc1NC(=O)C(Sc1cccc(NC(=O)c2cccc([N+](=O)[O-])c2)c1)c1ccccc1. The molecule has 4 rings (SSSR count). The zero-order chi connectivity index (χ0) is 27.1. The van der Waals surface area contributed by atoms with Gasteiger partial charge in [-0.05, 0) is 42.0 Å². The molecule has 38 heavy (non-hydrogen) atoms. The van der Waals surface area contributed by atoms with Gasteiger partial charge in [0.25, 0.3) is 17.5 Å². The molecule has 190 valence electrons. The third kappa shape index (κ3) is 6.42. The molecule has 10 heteroatoms. The molecule has 1 atom stereocenters. The highest BCUT2D eigenvalue weighted by Crippen LogP contribution is 2.37. The van der Waals surface area contributed by atoms with E-state index in [1.807, 2.05) is 30.3 Å². The standard InChI is InChI=1S/C28H22N4O5S/c29-26(33)23-14-4-5-15-24(23)31-28(35)25(18-8-2-1-3-9-18)38-22-13-7-11-20(17-22)30-27(34)19-10-6-12-21(16-19)32(36)37/h1-17,25H,(H2,29,33)(H,30,34)(H,31,35). The number of carbonyl (C=O) groups excluding carboxylic acids is 3. The molecule has 0 radical (unpaired) electrons. The molecule has 0 aromatic heterocycles. The summed E-state index contributed by atoms with van der Waals surface area (Å²) in [5.74, 6) is -1.52. The number of nitro groups is 1. The smallest absolute Gasteiger partial charge is 0.270 e. The van der Waals surface area contributed by atoms with E-state index in [2.05, 4.69) is 10.6 Å². The Kier molecular flexibility index (Phi) is 8.14. The van der Waals surface area contributed by atoms with Crippen LogP contribution in [0.3, 0.4) is 0 Å². The number of amides is 3. The van der Waals surface area contributed by atoms with Crippen molar-refractivity contribution in [2.24, 2.45) is 5.73 Å². The molecule has 0 aliphatic carbocycles. The first-order valence-electron chi connectivity index (χ1n) is 11.4. The highest BCUT2D eigenvalue weighted by molar-refractivity contribution is 8.00. The number of primary amides is 1. The molecule has 0 heterocycles. The van der Waals surface area contributed by atoms with Crippen molar-refractivity contribution in [3.63, 3.8) is 0 Å². The predicted octanol–water partition coefficient (Wildman–Crippen LogP) is 5.42. The minimum atomic E-state index is -0.695. The number of nitrogens with zero attached hydrogens (tertiary/aromatic N) is 1. The second-order valence-corrected chi connectivity index (χ2v) is 9.28. The molecule has 9 nitrogen and oxygen atoms in total. The van der Waals surface area contributed by atoms with E-state index in [1.165, 1.54) is 42.1 Å². The summed E-state index contributed by atoms with van der Waals surface area (Å²) in [7, 11) is 0. The number of nitrogens with two attached hydrogens (primary N) is 1. The molecule has 0 bridgehead atoms. The Morgan fingerprint density at radius 3 is 2.26 bits per heavy atom. The van der Waals surface area contributed by atoms with Crippen molar-refractivity contribution in [3.8, 4) is 0 Å². The molecule has 0 saturated heterocycles. The Labute approximate surface area is 222 Å². The molecule has 0 spiro atoms. The fourth-order valence-electron chi connectivity index (χ4n) is 3.65. The number of nitro benzene ring substituents is 1. The summed E-state index contributed by atoms with van der Waals surface area (Å²) in [5, 5.41) is 15.9. The highest BCUT2D eigenvalue weighted by Gasteiger charge is 2.24. The summed E-state index contributed by atoms with van der Waals surface area (Å²) in [5.41, 5.74) is 7.12. The average Bonchev–Trinajstić information content (AvgIpc) is 2.92. The van der Waals surface area contributed by atoms with Crippen LogP contribution in [-0.4, -0.2) is 22.6 Å². The zero-order valence-corrected chi connectivity index (χ0v) is 20.7. The van der Waals surface area contributed by atoms with E-state index in [-0.39, 0.29) is 22.7 Å². The first-order valence-corrected chi connectivity index (χ1v) is 12.3. The maximum absolute atomic E-state index is 13.4. The monoisotopic (exact) mass is 526 g/mol. The second-order valence-electron chi connectivity index (χ2n) is 8.10. The molecule has 3 amide bonds. The minimum absolute atomic E-state index is 0.145. The molecule has 1 unspecified atom stereocenters. The van der Waals surface area contributed by atoms with E-state index >= 15 is 0 Å². The molecule has 0 aliphatic rings. The number of para-hydroxylation sites is 1. The molecule has 4 N–H and O–H groups in total. The molecular formula is C28H22N4O5S. The Morgan fingerprint density at radius 2 is 1.53 bits per heavy atom. The summed E-state index contributed by atoms with van der Waals surface area (Å²) in [6.45, 7) is 0. The highest BCUT2D eigenvalue weighted by atomic mass is 32.2. The zero-order valence-electron chi connectivity index (χ0n) is 19.9. The van der Waals surface area contributed by atoms with Gasteiger partial charge in [0.15, 0.2) is 0 Å². The molecule has 0 saturated carbocycles. The Morgan fingerprint density at radius 1 is 0.816 bits per heavy atom. The quantitative estimate of drug-likeness (QED) is 0.151. The number of non-ortho nitro benzene ring substituents is 1. The normalized spacial score (nSPS) is 11.3. The maximum atomic E-state index is 13.4. The van der Waals surface area contributed by atoms with Gasteiger partial charge in [-0.3, -0.25) is 24.5 Å². The van der Waals surface area contributed by atoms with Crippen molar-refractivity contribution >= 4 is 46.5 Å². The van der Waals surface area contributed by atoms with Gasteiger partial charge in [-0.1, -0.05) is 54.6 Å². The Hall–Kier alpha value is -4.96. The number of rotatable bonds is 9. The molecule has 4 aromatic carbocycles. The maximum Gasteiger partial charge on any atom is 0.270 e. The third-order valence-corrected chi connectivity index (χ3v) is 6.70. The van der Waals surface area contributed by atoms with Gasteiger partial charge in [-0.25, -0.2) is 0 Å². The van der Waals surface area contributed by atoms with Gasteiger partial charge in [0, 0.05) is 28.3 Å². The fourth-order valence-corrected chi connectivity index (χ4v) is 4.74. The van der Waals surface area contributed by atoms with Crippen molar-refractivity contribution in [3.05, 3.63) is 130 Å². The summed E-state index contributed by atoms with van der Waals surface area (Å²) >= 11 is 1.26. The van der Waals surface area contributed by atoms with Gasteiger partial charge in [0.2, 0.25) is 5.91 Å². The third-order valence-electron chi connectivity index (χ3n) is 5.46. The van der Waals surface area contributed by atoms with Gasteiger partial charge in [-0.2, -0.15) is 0 Å². The number of nitrogens with one attached hydrogen (secondary N) is 2. The number of thioether (sulfide) groups is 1. The number of anilines is 2. The minimum Gasteiger partial charge on any atom is -0.366 e. The fraction of sp³-hybridized carbons (Fsp3) is 0.0357. The van der Waals surface area contributed by atoms with E-state index in [9.17, 15) is 24.5 Å². The lowest BCUT2D eigenvalue weighted by Gasteiger charge is -2.18. The molecule has 0 aliphatic heterocycles. The summed E-state index contributed by atoms with van der Waals surface area (Å²) in [6.07, 6.45) is 0. The first kappa shape index (κ1) is 26.1. The lowest BCUT2D eigenvalue weighted by molar-refractivity contribution is -0.384. The van der Waals surface area contributed by atoms with E-state index < -0.39 is 22.0 Å². The lowest BCUT2D eigenvalue weighted by atomic mass is 10.1. The summed E-state index contributed by atoms with van der Waals surface area (Å²) in [6, 6.07) is 28.0. The average molecular weight is 527 g/mol. The number of hydrogen-bond donors (Lipinski definition) is 3. The van der Waals surface area contributed by atoms with Crippen LogP contribution >= 0.6 is 11.8 Å². The van der Waals surface area contributed by atoms with Crippen molar-refractivity contribution in [1.82, 2.24) is 0 Å². The van der Waals surface area contributed by atoms with Crippen LogP contribution < -0.4 is 16.4 Å². The summed E-state index contributed by atoms with van der Waals surface area (Å²) in [4.78, 5) is 49.1. The second kappa shape index (κ2) is 11.8. The van der Waals surface area contributed by atoms with Gasteiger partial charge in [-0.15, -0.1) is 11.8 Å². The van der Waals surface area contributed by atoms with Crippen molar-refractivity contribution < 1.29 is 19.3 Å². The van der Waals surface area contributed by atoms with Gasteiger partial charge in [0.05, 0.1) is 16.2 Å². The lowest BCUT2D eigenvalue weighted by Crippen LogP contribution is -2.22. The van der Waals surface area contributed by atoms with Crippen LogP contribution in [0.4, 0.5) is 17.1 Å². The van der Waals surface area contributed by atoms with Gasteiger partial charge in [0.1, 0.15) is 5.25 Å². The Balaban J connectivity index is 1.56. The number of benzene rings is 4. The van der Waals surface area contributed by atoms with Crippen LogP contribution in [-0.2, 0) is 4.79 Å². The molecule has 4 aromatic rings. The van der Waals surface area contributed by atoms with Gasteiger partial charge >= 0.3 is 0 Å². The first-order chi connectivity index (χ1) is 18.3. The predicted molar refractivity (Wildman–Crippen MR) is 146 cm³/mol. The Bertz CT molecular complexity index is 1510. The number of hydrogen-bond acceptors (Lipinski definition) is 6. The topological polar surface area (TPSA) is 144 Å². The van der Waals surface area contributed by atoms with Gasteiger partial charge < -0.3 is 16.4 Å². The van der Waals surface area contributed by atoms with E-state index in [4.69, 9.17) is 5.73 Å². The van der Waals surface area contributed by atoms with E-state index in [1.54, 1.807) is 42.5 Å². The number of carbonyl (C=O) groups is 3. The van der Waals surface area contributed by atoms with Crippen molar-refractivity contribution in [1.29, 1.82) is 0 Å². The molecule has 0 fully saturated rings. The largest absolute Gasteiger partial charge is 0.366 e. The van der Waals surface area contributed by atoms with Crippen LogP contribution in [0.15, 0.2) is 108 Å². The van der Waals surface area contributed by atoms with Crippen molar-refractivity contribution in [2.75, 3.05) is 10.6 Å². The van der Waals surface area contributed by atoms with Crippen molar-refractivity contribution in [2.45, 2.75) is 10.1 Å². The van der Waals surface area contributed by atoms with E-state index in [0.29, 0.717) is 16.3 Å². The van der Waals surface area contributed by atoms with Crippen LogP contribution in [0, 0.1) is 10.1 Å². The van der Waals surface area contributed by atoms with Crippen LogP contribution in [0.1, 0.15) is 31.5 Å². The summed E-state index contributed by atoms with van der Waals surface area (Å²) < 4.78 is 0. The van der Waals surface area contributed by atoms with Crippen LogP contribution in [0.5, 0.6) is 0 Å². The molecular weight excluding hydrogens is 504 g/mol. The van der Waals surface area contributed by atoms with Crippen LogP contribution in [0.2, 0.25) is 0 Å². The van der Waals surface area contributed by atoms with E-state index in [0.717, 1.165) is 5.56 Å². The van der Waals surface area contributed by atoms with Crippen LogP contribution in [0.25, 0.3) is 0 Å².